The van der Waals surface area contributed by atoms with Crippen molar-refractivity contribution < 1.29 is 4.74 Å². The summed E-state index contributed by atoms with van der Waals surface area (Å²) in [5.74, 6) is 7.60. The second kappa shape index (κ2) is 7.54. The van der Waals surface area contributed by atoms with Gasteiger partial charge in [0.05, 0.1) is 0 Å². The van der Waals surface area contributed by atoms with Crippen molar-refractivity contribution in [2.24, 2.45) is 5.41 Å². The van der Waals surface area contributed by atoms with Gasteiger partial charge in [-0.05, 0) is 0 Å². The molecule has 2 rings (SSSR count). The van der Waals surface area contributed by atoms with E-state index in [1.54, 1.807) is 7.11 Å². The molecule has 0 saturated heterocycles. The summed E-state index contributed by atoms with van der Waals surface area (Å²) in [7, 11) is 1.70. The Balaban J connectivity index is 2.10. The molecule has 114 valence electrons. The van der Waals surface area contributed by atoms with E-state index >= 15 is 0 Å². The van der Waals surface area contributed by atoms with Crippen LogP contribution in [0, 0.1) is 17.3 Å². The van der Waals surface area contributed by atoms with E-state index in [2.05, 4.69) is 69.0 Å². The van der Waals surface area contributed by atoms with Crippen LogP contribution in [0.4, 0.5) is 0 Å². The van der Waals surface area contributed by atoms with Crippen LogP contribution >= 0.6 is 0 Å². The summed E-state index contributed by atoms with van der Waals surface area (Å²) in [6.45, 7) is 6.43. The van der Waals surface area contributed by atoms with E-state index in [4.69, 9.17) is 4.74 Å². The average molecular weight is 357 g/mol. The molecule has 0 aliphatic carbocycles. The molecule has 0 heterocycles. The Hall–Kier alpha value is -1.68. The van der Waals surface area contributed by atoms with Crippen LogP contribution in [0.3, 0.4) is 0 Å². The summed E-state index contributed by atoms with van der Waals surface area (Å²) in [5, 5.41) is 1.07. The Morgan fingerprint density at radius 3 is 2.32 bits per heavy atom. The van der Waals surface area contributed by atoms with Gasteiger partial charge in [-0.2, -0.15) is 0 Å². The van der Waals surface area contributed by atoms with Crippen molar-refractivity contribution in [2.45, 2.75) is 26.1 Å². The summed E-state index contributed by atoms with van der Waals surface area (Å²) in [4.78, 5) is 0. The quantitative estimate of drug-likeness (QED) is 0.600. The van der Waals surface area contributed by atoms with Crippen LogP contribution in [0.25, 0.3) is 0 Å². The van der Waals surface area contributed by atoms with E-state index < -0.39 is 0 Å². The van der Waals surface area contributed by atoms with Gasteiger partial charge in [0.15, 0.2) is 0 Å². The first-order chi connectivity index (χ1) is 10.5. The molecule has 2 heteroatoms. The third-order valence-corrected chi connectivity index (χ3v) is 5.41. The Morgan fingerprint density at radius 1 is 1.00 bits per heavy atom. The van der Waals surface area contributed by atoms with E-state index in [1.807, 2.05) is 12.1 Å². The number of rotatable bonds is 4. The van der Waals surface area contributed by atoms with Crippen LogP contribution in [-0.2, 0) is 5.32 Å². The standard InChI is InChI=1S/C20H22OSe/c1-20(2,3)14-13-17-7-5-6-8-19(17)22-15-16-9-11-18(21-4)12-10-16/h5-12H,15H2,1-4H3. The van der Waals surface area contributed by atoms with E-state index in [0.29, 0.717) is 15.0 Å². The van der Waals surface area contributed by atoms with E-state index in [0.717, 1.165) is 11.1 Å². The third kappa shape index (κ3) is 5.26. The SMILES string of the molecule is COc1ccc(C[Se]c2ccccc2C#CC(C)(C)C)cc1. The molecule has 0 amide bonds. The molecule has 1 nitrogen and oxygen atoms in total. The van der Waals surface area contributed by atoms with Crippen molar-refractivity contribution in [1.82, 2.24) is 0 Å². The molecule has 0 fully saturated rings. The van der Waals surface area contributed by atoms with Gasteiger partial charge in [-0.3, -0.25) is 0 Å². The summed E-state index contributed by atoms with van der Waals surface area (Å²) >= 11 is 0.387. The van der Waals surface area contributed by atoms with Crippen LogP contribution in [0.15, 0.2) is 48.5 Å². The maximum absolute atomic E-state index is 5.20. The molecule has 0 N–H and O–H groups in total. The number of ether oxygens (including phenoxy) is 1. The topological polar surface area (TPSA) is 9.23 Å². The molecular formula is C20H22OSe. The normalized spacial score (nSPS) is 10.7. The van der Waals surface area contributed by atoms with E-state index in [-0.39, 0.29) is 5.41 Å². The maximum atomic E-state index is 5.20. The first-order valence-corrected chi connectivity index (χ1v) is 9.43. The first kappa shape index (κ1) is 16.7. The van der Waals surface area contributed by atoms with Gasteiger partial charge in [-0.25, -0.2) is 0 Å². The zero-order valence-electron chi connectivity index (χ0n) is 13.6. The van der Waals surface area contributed by atoms with Crippen molar-refractivity contribution in [2.75, 3.05) is 7.11 Å². The molecule has 0 unspecified atom stereocenters. The second-order valence-electron chi connectivity index (χ2n) is 6.13. The fourth-order valence-electron chi connectivity index (χ4n) is 1.83. The van der Waals surface area contributed by atoms with Crippen LogP contribution in [0.5, 0.6) is 5.75 Å². The number of benzene rings is 2. The molecule has 0 aliphatic heterocycles. The number of hydrogen-bond donors (Lipinski definition) is 0. The van der Waals surface area contributed by atoms with Gasteiger partial charge < -0.3 is 0 Å². The van der Waals surface area contributed by atoms with Gasteiger partial charge in [0.1, 0.15) is 0 Å². The molecule has 2 aromatic rings. The molecular weight excluding hydrogens is 335 g/mol. The molecule has 0 radical (unpaired) electrons. The van der Waals surface area contributed by atoms with E-state index in [9.17, 15) is 0 Å². The summed E-state index contributed by atoms with van der Waals surface area (Å²) in [5.41, 5.74) is 2.56. The Bertz CT molecular complexity index is 669. The van der Waals surface area contributed by atoms with Gasteiger partial charge in [0.25, 0.3) is 0 Å². The fraction of sp³-hybridized carbons (Fsp3) is 0.300. The fourth-order valence-corrected chi connectivity index (χ4v) is 3.86. The van der Waals surface area contributed by atoms with Crippen LogP contribution in [-0.4, -0.2) is 22.1 Å². The Kier molecular flexibility index (Phi) is 5.72. The molecule has 0 spiro atoms. The van der Waals surface area contributed by atoms with Crippen molar-refractivity contribution in [1.29, 1.82) is 0 Å². The van der Waals surface area contributed by atoms with Crippen molar-refractivity contribution in [3.63, 3.8) is 0 Å². The van der Waals surface area contributed by atoms with Gasteiger partial charge in [-0.15, -0.1) is 0 Å². The molecule has 0 atom stereocenters. The van der Waals surface area contributed by atoms with Gasteiger partial charge in [-0.1, -0.05) is 0 Å². The monoisotopic (exact) mass is 358 g/mol. The minimum absolute atomic E-state index is 0.0378. The molecule has 22 heavy (non-hydrogen) atoms. The zero-order valence-corrected chi connectivity index (χ0v) is 15.4. The Morgan fingerprint density at radius 2 is 1.68 bits per heavy atom. The molecule has 0 bridgehead atoms. The van der Waals surface area contributed by atoms with Crippen LogP contribution < -0.4 is 9.20 Å². The summed E-state index contributed by atoms with van der Waals surface area (Å²) in [6.07, 6.45) is 0. The number of hydrogen-bond acceptors (Lipinski definition) is 1. The Labute approximate surface area is 140 Å². The van der Waals surface area contributed by atoms with Crippen LogP contribution in [0.1, 0.15) is 31.9 Å². The molecule has 0 aromatic heterocycles. The summed E-state index contributed by atoms with van der Waals surface area (Å²) < 4.78 is 6.58. The van der Waals surface area contributed by atoms with Crippen molar-refractivity contribution in [3.05, 3.63) is 59.7 Å². The van der Waals surface area contributed by atoms with Crippen molar-refractivity contribution >= 4 is 19.4 Å². The summed E-state index contributed by atoms with van der Waals surface area (Å²) in [6, 6.07) is 16.8. The minimum atomic E-state index is 0.0378. The van der Waals surface area contributed by atoms with Gasteiger partial charge in [0.2, 0.25) is 0 Å². The van der Waals surface area contributed by atoms with Crippen molar-refractivity contribution in [3.8, 4) is 17.6 Å². The van der Waals surface area contributed by atoms with E-state index in [1.165, 1.54) is 15.6 Å². The predicted molar refractivity (Wildman–Crippen MR) is 94.9 cm³/mol. The molecule has 0 saturated carbocycles. The first-order valence-electron chi connectivity index (χ1n) is 7.36. The van der Waals surface area contributed by atoms with Gasteiger partial charge >= 0.3 is 140 Å². The third-order valence-electron chi connectivity index (χ3n) is 3.01. The predicted octanol–water partition coefficient (Wildman–Crippen LogP) is 3.62. The van der Waals surface area contributed by atoms with Crippen LogP contribution in [0.2, 0.25) is 0 Å². The zero-order chi connectivity index (χ0) is 16.0. The molecule has 0 aliphatic rings. The second-order valence-corrected chi connectivity index (χ2v) is 8.27. The van der Waals surface area contributed by atoms with Gasteiger partial charge in [0, 0.05) is 0 Å². The molecule has 2 aromatic carbocycles. The average Bonchev–Trinajstić information content (AvgIpc) is 2.51. The number of methoxy groups -OCH3 is 1.